The molecule has 0 amide bonds. The number of imidazole rings is 1. The predicted molar refractivity (Wildman–Crippen MR) is 97.8 cm³/mol. The third-order valence-electron chi connectivity index (χ3n) is 4.37. The molecule has 4 rings (SSSR count). The van der Waals surface area contributed by atoms with Gasteiger partial charge in [-0.3, -0.25) is 0 Å². The van der Waals surface area contributed by atoms with Crippen molar-refractivity contribution in [2.75, 3.05) is 0 Å². The first kappa shape index (κ1) is 18.4. The lowest BCUT2D eigenvalue weighted by Gasteiger charge is -2.06. The standard InChI is InChI=1S/C18H14ClF3N6/c1-10-13-7-23-28(16(13)26-17(19)24-10)8-11-3-5-12(6-4-11)15-25-14(9-27(15)2)18(20,21)22/h3-7,9H,8H2,1-2H3. The molecule has 0 unspecified atom stereocenters. The summed E-state index contributed by atoms with van der Waals surface area (Å²) in [4.78, 5) is 12.0. The number of alkyl halides is 3. The van der Waals surface area contributed by atoms with E-state index in [9.17, 15) is 13.2 Å². The lowest BCUT2D eigenvalue weighted by molar-refractivity contribution is -0.140. The van der Waals surface area contributed by atoms with Gasteiger partial charge in [0.15, 0.2) is 11.3 Å². The van der Waals surface area contributed by atoms with Crippen LogP contribution in [-0.2, 0) is 19.8 Å². The largest absolute Gasteiger partial charge is 0.434 e. The van der Waals surface area contributed by atoms with Gasteiger partial charge in [0.1, 0.15) is 5.82 Å². The second-order valence-corrected chi connectivity index (χ2v) is 6.71. The predicted octanol–water partition coefficient (Wildman–Crippen LogP) is 4.26. The van der Waals surface area contributed by atoms with Crippen molar-refractivity contribution >= 4 is 22.6 Å². The maximum atomic E-state index is 12.9. The Morgan fingerprint density at radius 2 is 1.79 bits per heavy atom. The van der Waals surface area contributed by atoms with Gasteiger partial charge in [-0.25, -0.2) is 14.6 Å². The number of hydrogen-bond donors (Lipinski definition) is 0. The first-order valence-electron chi connectivity index (χ1n) is 8.28. The Kier molecular flexibility index (Phi) is 4.34. The highest BCUT2D eigenvalue weighted by Crippen LogP contribution is 2.30. The Labute approximate surface area is 162 Å². The molecule has 0 saturated carbocycles. The van der Waals surface area contributed by atoms with E-state index in [0.717, 1.165) is 22.8 Å². The molecule has 3 aromatic heterocycles. The van der Waals surface area contributed by atoms with E-state index >= 15 is 0 Å². The fourth-order valence-corrected chi connectivity index (χ4v) is 3.19. The summed E-state index contributed by atoms with van der Waals surface area (Å²) in [5.41, 5.74) is 1.95. The summed E-state index contributed by atoms with van der Waals surface area (Å²) >= 11 is 5.94. The van der Waals surface area contributed by atoms with Gasteiger partial charge in [0.2, 0.25) is 5.28 Å². The number of aryl methyl sites for hydroxylation is 2. The normalized spacial score (nSPS) is 12.1. The number of benzene rings is 1. The summed E-state index contributed by atoms with van der Waals surface area (Å²) in [5, 5.41) is 5.30. The van der Waals surface area contributed by atoms with Crippen molar-refractivity contribution in [1.29, 1.82) is 0 Å². The van der Waals surface area contributed by atoms with E-state index in [1.165, 1.54) is 11.6 Å². The van der Waals surface area contributed by atoms with Gasteiger partial charge in [-0.15, -0.1) is 0 Å². The Morgan fingerprint density at radius 1 is 1.07 bits per heavy atom. The summed E-state index contributed by atoms with van der Waals surface area (Å²) in [6.07, 6.45) is -1.81. The molecule has 3 heterocycles. The second kappa shape index (κ2) is 6.59. The van der Waals surface area contributed by atoms with Crippen LogP contribution in [-0.4, -0.2) is 29.3 Å². The molecule has 0 atom stereocenters. The van der Waals surface area contributed by atoms with E-state index < -0.39 is 11.9 Å². The van der Waals surface area contributed by atoms with Crippen molar-refractivity contribution in [2.24, 2.45) is 7.05 Å². The van der Waals surface area contributed by atoms with Crippen LogP contribution in [0.5, 0.6) is 0 Å². The van der Waals surface area contributed by atoms with Crippen molar-refractivity contribution in [2.45, 2.75) is 19.6 Å². The molecule has 1 aromatic carbocycles. The van der Waals surface area contributed by atoms with Crippen LogP contribution >= 0.6 is 11.6 Å². The van der Waals surface area contributed by atoms with Crippen LogP contribution in [0.25, 0.3) is 22.4 Å². The number of aromatic nitrogens is 6. The van der Waals surface area contributed by atoms with E-state index in [2.05, 4.69) is 20.1 Å². The van der Waals surface area contributed by atoms with Gasteiger partial charge >= 0.3 is 6.18 Å². The molecule has 28 heavy (non-hydrogen) atoms. The second-order valence-electron chi connectivity index (χ2n) is 6.37. The summed E-state index contributed by atoms with van der Waals surface area (Å²) in [7, 11) is 1.53. The first-order valence-corrected chi connectivity index (χ1v) is 8.65. The SMILES string of the molecule is Cc1nc(Cl)nc2c1cnn2Cc1ccc(-c2nc(C(F)(F)F)cn2C)cc1. The Morgan fingerprint density at radius 3 is 2.43 bits per heavy atom. The minimum atomic E-state index is -4.47. The molecule has 0 radical (unpaired) electrons. The van der Waals surface area contributed by atoms with Crippen LogP contribution in [0.15, 0.2) is 36.7 Å². The van der Waals surface area contributed by atoms with Crippen LogP contribution < -0.4 is 0 Å². The highest BCUT2D eigenvalue weighted by Gasteiger charge is 2.34. The molecule has 4 aromatic rings. The van der Waals surface area contributed by atoms with Crippen LogP contribution in [0.2, 0.25) is 5.28 Å². The molecule has 0 spiro atoms. The quantitative estimate of drug-likeness (QED) is 0.477. The van der Waals surface area contributed by atoms with Crippen molar-refractivity contribution < 1.29 is 13.2 Å². The first-order chi connectivity index (χ1) is 13.2. The highest BCUT2D eigenvalue weighted by molar-refractivity contribution is 6.28. The molecule has 6 nitrogen and oxygen atoms in total. The van der Waals surface area contributed by atoms with E-state index in [-0.39, 0.29) is 11.1 Å². The molecule has 0 N–H and O–H groups in total. The smallest absolute Gasteiger partial charge is 0.333 e. The molecule has 0 bridgehead atoms. The van der Waals surface area contributed by atoms with Gasteiger partial charge in [-0.1, -0.05) is 24.3 Å². The maximum absolute atomic E-state index is 12.9. The van der Waals surface area contributed by atoms with Gasteiger partial charge in [0.25, 0.3) is 0 Å². The number of halogens is 4. The summed E-state index contributed by atoms with van der Waals surface area (Å²) in [6.45, 7) is 2.27. The third-order valence-corrected chi connectivity index (χ3v) is 4.54. The Hall–Kier alpha value is -2.94. The summed E-state index contributed by atoms with van der Waals surface area (Å²) < 4.78 is 41.6. The molecular weight excluding hydrogens is 393 g/mol. The van der Waals surface area contributed by atoms with Crippen molar-refractivity contribution in [3.05, 3.63) is 58.9 Å². The van der Waals surface area contributed by atoms with Gasteiger partial charge < -0.3 is 4.57 Å². The van der Waals surface area contributed by atoms with Crippen molar-refractivity contribution in [1.82, 2.24) is 29.3 Å². The van der Waals surface area contributed by atoms with Crippen molar-refractivity contribution in [3.63, 3.8) is 0 Å². The molecule has 0 aliphatic carbocycles. The molecule has 0 aliphatic heterocycles. The summed E-state index contributed by atoms with van der Waals surface area (Å²) in [5.74, 6) is 0.249. The zero-order valence-corrected chi connectivity index (χ0v) is 15.6. The fourth-order valence-electron chi connectivity index (χ4n) is 2.98. The average Bonchev–Trinajstić information content (AvgIpc) is 3.20. The molecule has 10 heteroatoms. The molecule has 0 saturated heterocycles. The van der Waals surface area contributed by atoms with Crippen LogP contribution in [0.4, 0.5) is 13.2 Å². The number of nitrogens with zero attached hydrogens (tertiary/aromatic N) is 6. The topological polar surface area (TPSA) is 61.4 Å². The molecule has 0 fully saturated rings. The van der Waals surface area contributed by atoms with Crippen LogP contribution in [0.3, 0.4) is 0 Å². The van der Waals surface area contributed by atoms with Crippen LogP contribution in [0.1, 0.15) is 17.0 Å². The maximum Gasteiger partial charge on any atom is 0.434 e. The molecular formula is C18H14ClF3N6. The van der Waals surface area contributed by atoms with Gasteiger partial charge in [0, 0.05) is 18.8 Å². The lowest BCUT2D eigenvalue weighted by Crippen LogP contribution is -2.05. The summed E-state index contributed by atoms with van der Waals surface area (Å²) in [6, 6.07) is 7.11. The van der Waals surface area contributed by atoms with Gasteiger partial charge in [-0.05, 0) is 24.1 Å². The zero-order valence-electron chi connectivity index (χ0n) is 14.9. The van der Waals surface area contributed by atoms with E-state index in [0.29, 0.717) is 17.8 Å². The Bertz CT molecular complexity index is 1160. The molecule has 144 valence electrons. The number of rotatable bonds is 3. The van der Waals surface area contributed by atoms with E-state index in [1.54, 1.807) is 23.0 Å². The van der Waals surface area contributed by atoms with E-state index in [1.807, 2.05) is 19.1 Å². The van der Waals surface area contributed by atoms with Crippen LogP contribution in [0, 0.1) is 6.92 Å². The zero-order chi connectivity index (χ0) is 20.1. The minimum absolute atomic E-state index is 0.150. The number of fused-ring (bicyclic) bond motifs is 1. The monoisotopic (exact) mass is 406 g/mol. The Balaban J connectivity index is 1.62. The number of hydrogen-bond acceptors (Lipinski definition) is 4. The lowest BCUT2D eigenvalue weighted by atomic mass is 10.1. The van der Waals surface area contributed by atoms with Gasteiger partial charge in [-0.2, -0.15) is 23.3 Å². The highest BCUT2D eigenvalue weighted by atomic mass is 35.5. The fraction of sp³-hybridized carbons (Fsp3) is 0.222. The molecule has 0 aliphatic rings. The van der Waals surface area contributed by atoms with Gasteiger partial charge in [0.05, 0.1) is 23.8 Å². The minimum Gasteiger partial charge on any atom is -0.333 e. The third kappa shape index (κ3) is 3.33. The average molecular weight is 407 g/mol. The van der Waals surface area contributed by atoms with E-state index in [4.69, 9.17) is 11.6 Å². The van der Waals surface area contributed by atoms with Crippen molar-refractivity contribution in [3.8, 4) is 11.4 Å².